The number of hydrogen-bond acceptors (Lipinski definition) is 0. The fourth-order valence-electron chi connectivity index (χ4n) is 7.59. The Morgan fingerprint density at radius 1 is 0.241 bits per heavy atom. The van der Waals surface area contributed by atoms with Crippen LogP contribution in [0.1, 0.15) is 33.4 Å². The number of aryl methyl sites for hydroxylation is 6. The van der Waals surface area contributed by atoms with E-state index in [1.807, 2.05) is 0 Å². The zero-order valence-corrected chi connectivity index (χ0v) is 32.3. The first-order chi connectivity index (χ1) is 26.2. The molecule has 0 unspecified atom stereocenters. The highest BCUT2D eigenvalue weighted by atomic mass is 14.1. The lowest BCUT2D eigenvalue weighted by Gasteiger charge is -2.14. The van der Waals surface area contributed by atoms with E-state index in [4.69, 9.17) is 0 Å². The molecule has 0 nitrogen and oxygen atoms in total. The summed E-state index contributed by atoms with van der Waals surface area (Å²) in [5.74, 6) is 0. The quantitative estimate of drug-likeness (QED) is 0.172. The zero-order chi connectivity index (χ0) is 37.6. The van der Waals surface area contributed by atoms with Gasteiger partial charge < -0.3 is 0 Å². The predicted octanol–water partition coefficient (Wildman–Crippen LogP) is 15.4. The standard InChI is InChI=1S/C30H24.2C12H12/c1-21-15-22(2)17-25(16-21)27-18-26(23-9-4-3-5-10-23)19-28(20-27)30-14-8-12-24-11-6-7-13-29(24)30;1-9-5-3-8-12-10(2)6-4-7-11(9)12;1-9-7-8-10(2)12-6-4-3-5-11(9)12/h3-20H,1-2H3;2*3-8H,1-2H3. The summed E-state index contributed by atoms with van der Waals surface area (Å²) in [6.07, 6.45) is 0. The third-order valence-electron chi connectivity index (χ3n) is 10.4. The highest BCUT2D eigenvalue weighted by Gasteiger charge is 2.10. The van der Waals surface area contributed by atoms with E-state index in [2.05, 4.69) is 224 Å². The Morgan fingerprint density at radius 2 is 0.630 bits per heavy atom. The zero-order valence-electron chi connectivity index (χ0n) is 32.3. The molecule has 0 aliphatic heterocycles. The van der Waals surface area contributed by atoms with E-state index >= 15 is 0 Å². The van der Waals surface area contributed by atoms with E-state index in [9.17, 15) is 0 Å². The Labute approximate surface area is 321 Å². The van der Waals surface area contributed by atoms with Crippen LogP contribution in [-0.2, 0) is 0 Å². The molecule has 9 rings (SSSR count). The molecule has 0 atom stereocenters. The molecule has 0 aliphatic carbocycles. The lowest BCUT2D eigenvalue weighted by molar-refractivity contribution is 1.38. The maximum absolute atomic E-state index is 2.34. The van der Waals surface area contributed by atoms with Crippen molar-refractivity contribution in [3.8, 4) is 33.4 Å². The van der Waals surface area contributed by atoms with Crippen LogP contribution in [0.15, 0.2) is 182 Å². The lowest BCUT2D eigenvalue weighted by Crippen LogP contribution is -1.88. The van der Waals surface area contributed by atoms with Crippen LogP contribution < -0.4 is 0 Å². The van der Waals surface area contributed by atoms with Crippen LogP contribution in [0.2, 0.25) is 0 Å². The molecule has 0 bridgehead atoms. The van der Waals surface area contributed by atoms with E-state index in [0.717, 1.165) is 0 Å². The van der Waals surface area contributed by atoms with Gasteiger partial charge in [-0.1, -0.05) is 175 Å². The van der Waals surface area contributed by atoms with E-state index < -0.39 is 0 Å². The molecule has 0 heteroatoms. The van der Waals surface area contributed by atoms with Crippen LogP contribution in [0.5, 0.6) is 0 Å². The van der Waals surface area contributed by atoms with Gasteiger partial charge in [-0.3, -0.25) is 0 Å². The number of rotatable bonds is 3. The summed E-state index contributed by atoms with van der Waals surface area (Å²) >= 11 is 0. The molecule has 0 heterocycles. The number of fused-ring (bicyclic) bond motifs is 3. The molecular weight excluding hydrogens is 649 g/mol. The summed E-state index contributed by atoms with van der Waals surface area (Å²) in [5.41, 5.74) is 15.6. The molecule has 0 saturated heterocycles. The van der Waals surface area contributed by atoms with Crippen LogP contribution in [-0.4, -0.2) is 0 Å². The average Bonchev–Trinajstić information content (AvgIpc) is 3.20. The fourth-order valence-corrected chi connectivity index (χ4v) is 7.59. The summed E-state index contributed by atoms with van der Waals surface area (Å²) < 4.78 is 0. The minimum Gasteiger partial charge on any atom is -0.0622 e. The van der Waals surface area contributed by atoms with E-state index in [-0.39, 0.29) is 0 Å². The fraction of sp³-hybridized carbons (Fsp3) is 0.111. The summed E-state index contributed by atoms with van der Waals surface area (Å²) in [7, 11) is 0. The van der Waals surface area contributed by atoms with Gasteiger partial charge in [-0.25, -0.2) is 0 Å². The van der Waals surface area contributed by atoms with E-state index in [1.165, 1.54) is 99.1 Å². The van der Waals surface area contributed by atoms with Crippen molar-refractivity contribution in [2.45, 2.75) is 41.5 Å². The van der Waals surface area contributed by atoms with Gasteiger partial charge in [0.25, 0.3) is 0 Å². The minimum atomic E-state index is 1.24. The van der Waals surface area contributed by atoms with Gasteiger partial charge in [0, 0.05) is 0 Å². The third-order valence-corrected chi connectivity index (χ3v) is 10.4. The second-order valence-corrected chi connectivity index (χ2v) is 14.6. The van der Waals surface area contributed by atoms with E-state index in [0.29, 0.717) is 0 Å². The summed E-state index contributed by atoms with van der Waals surface area (Å²) in [4.78, 5) is 0. The summed E-state index contributed by atoms with van der Waals surface area (Å²) in [6, 6.07) is 65.4. The van der Waals surface area contributed by atoms with Gasteiger partial charge in [0.15, 0.2) is 0 Å². The first-order valence-electron chi connectivity index (χ1n) is 18.9. The highest BCUT2D eigenvalue weighted by molar-refractivity contribution is 5.98. The van der Waals surface area contributed by atoms with Crippen molar-refractivity contribution in [1.82, 2.24) is 0 Å². The molecule has 54 heavy (non-hydrogen) atoms. The second-order valence-electron chi connectivity index (χ2n) is 14.6. The first-order valence-corrected chi connectivity index (χ1v) is 18.9. The smallest absolute Gasteiger partial charge is 0.0105 e. The molecule has 0 fully saturated rings. The van der Waals surface area contributed by atoms with Crippen LogP contribution in [0, 0.1) is 41.5 Å². The second kappa shape index (κ2) is 16.2. The Bertz CT molecular complexity index is 2570. The Hall–Kier alpha value is -6.24. The van der Waals surface area contributed by atoms with Gasteiger partial charge >= 0.3 is 0 Å². The van der Waals surface area contributed by atoms with Gasteiger partial charge in [-0.2, -0.15) is 0 Å². The van der Waals surface area contributed by atoms with Crippen LogP contribution >= 0.6 is 0 Å². The predicted molar refractivity (Wildman–Crippen MR) is 237 cm³/mol. The molecule has 264 valence electrons. The van der Waals surface area contributed by atoms with Crippen molar-refractivity contribution in [3.63, 3.8) is 0 Å². The Kier molecular flexibility index (Phi) is 10.8. The van der Waals surface area contributed by atoms with Gasteiger partial charge in [0.2, 0.25) is 0 Å². The topological polar surface area (TPSA) is 0 Å². The highest BCUT2D eigenvalue weighted by Crippen LogP contribution is 2.36. The lowest BCUT2D eigenvalue weighted by atomic mass is 9.90. The largest absolute Gasteiger partial charge is 0.0622 e. The van der Waals surface area contributed by atoms with Gasteiger partial charge in [0.1, 0.15) is 0 Å². The average molecular weight is 697 g/mol. The summed E-state index contributed by atoms with van der Waals surface area (Å²) in [5, 5.41) is 8.05. The monoisotopic (exact) mass is 696 g/mol. The molecule has 0 N–H and O–H groups in total. The molecule has 0 amide bonds. The Morgan fingerprint density at radius 3 is 1.20 bits per heavy atom. The van der Waals surface area contributed by atoms with Crippen LogP contribution in [0.4, 0.5) is 0 Å². The normalized spacial score (nSPS) is 10.8. The van der Waals surface area contributed by atoms with Crippen molar-refractivity contribution in [1.29, 1.82) is 0 Å². The van der Waals surface area contributed by atoms with Crippen molar-refractivity contribution in [3.05, 3.63) is 215 Å². The molecule has 0 aromatic heterocycles. The number of benzene rings is 9. The van der Waals surface area contributed by atoms with Gasteiger partial charge in [0.05, 0.1) is 0 Å². The van der Waals surface area contributed by atoms with Crippen molar-refractivity contribution >= 4 is 32.3 Å². The molecular formula is C54H48. The van der Waals surface area contributed by atoms with E-state index in [1.54, 1.807) is 0 Å². The molecule has 0 radical (unpaired) electrons. The maximum atomic E-state index is 2.34. The molecule has 9 aromatic rings. The summed E-state index contributed by atoms with van der Waals surface area (Å²) in [6.45, 7) is 13.0. The van der Waals surface area contributed by atoms with Crippen molar-refractivity contribution in [2.24, 2.45) is 0 Å². The molecule has 0 saturated carbocycles. The van der Waals surface area contributed by atoms with Crippen molar-refractivity contribution in [2.75, 3.05) is 0 Å². The van der Waals surface area contributed by atoms with Crippen LogP contribution in [0.25, 0.3) is 65.7 Å². The first kappa shape index (κ1) is 36.1. The van der Waals surface area contributed by atoms with Gasteiger partial charge in [-0.15, -0.1) is 0 Å². The Balaban J connectivity index is 0.000000153. The van der Waals surface area contributed by atoms with Crippen molar-refractivity contribution < 1.29 is 0 Å². The minimum absolute atomic E-state index is 1.24. The number of hydrogen-bond donors (Lipinski definition) is 0. The van der Waals surface area contributed by atoms with Crippen LogP contribution in [0.3, 0.4) is 0 Å². The molecule has 0 aliphatic rings. The molecule has 0 spiro atoms. The third kappa shape index (κ3) is 8.04. The maximum Gasteiger partial charge on any atom is -0.0105 e. The SMILES string of the molecule is Cc1cc(C)cc(-c2cc(-c3ccccc3)cc(-c3cccc4ccccc34)c2)c1.Cc1ccc(C)c2ccccc12.Cc1cccc2c(C)cccc12. The van der Waals surface area contributed by atoms with Gasteiger partial charge in [-0.05, 0) is 148 Å². The molecule has 9 aromatic carbocycles.